The smallest absolute Gasteiger partial charge is 0.227 e. The fourth-order valence-corrected chi connectivity index (χ4v) is 2.31. The summed E-state index contributed by atoms with van der Waals surface area (Å²) in [7, 11) is 0. The molecule has 0 bridgehead atoms. The average molecular weight is 270 g/mol. The van der Waals surface area contributed by atoms with Crippen LogP contribution in [0.25, 0.3) is 0 Å². The first-order chi connectivity index (χ1) is 8.16. The number of anilines is 1. The van der Waals surface area contributed by atoms with Crippen molar-refractivity contribution in [1.82, 2.24) is 0 Å². The van der Waals surface area contributed by atoms with E-state index in [2.05, 4.69) is 17.5 Å². The molecule has 17 heavy (non-hydrogen) atoms. The minimum atomic E-state index is 0.0265. The minimum absolute atomic E-state index is 0.0265. The van der Waals surface area contributed by atoms with Crippen LogP contribution >= 0.6 is 23.2 Å². The highest BCUT2D eigenvalue weighted by molar-refractivity contribution is 6.36. The molecule has 1 unspecified atom stereocenters. The van der Waals surface area contributed by atoms with Crippen molar-refractivity contribution < 1.29 is 4.79 Å². The monoisotopic (exact) mass is 269 g/mol. The molecule has 2 nitrogen and oxygen atoms in total. The lowest BCUT2D eigenvalue weighted by molar-refractivity contribution is -0.120. The van der Waals surface area contributed by atoms with Gasteiger partial charge in [0.05, 0.1) is 10.7 Å². The zero-order valence-corrected chi connectivity index (χ0v) is 10.8. The molecule has 0 heterocycles. The lowest BCUT2D eigenvalue weighted by atomic mass is 9.93. The van der Waals surface area contributed by atoms with E-state index in [4.69, 9.17) is 23.2 Å². The molecular formula is C13H13Cl2NO. The normalized spacial score (nSPS) is 19.1. The van der Waals surface area contributed by atoms with Crippen LogP contribution in [0.1, 0.15) is 19.3 Å². The molecule has 90 valence electrons. The number of halogens is 2. The second-order valence-corrected chi connectivity index (χ2v) is 4.94. The van der Waals surface area contributed by atoms with E-state index in [0.29, 0.717) is 15.7 Å². The molecule has 0 aliphatic heterocycles. The molecule has 0 saturated heterocycles. The summed E-state index contributed by atoms with van der Waals surface area (Å²) in [5.41, 5.74) is 0.621. The largest absolute Gasteiger partial charge is 0.325 e. The van der Waals surface area contributed by atoms with E-state index in [-0.39, 0.29) is 11.8 Å². The fraction of sp³-hybridized carbons (Fsp3) is 0.308. The quantitative estimate of drug-likeness (QED) is 0.798. The predicted molar refractivity (Wildman–Crippen MR) is 71.6 cm³/mol. The lowest BCUT2D eigenvalue weighted by Gasteiger charge is -2.17. The van der Waals surface area contributed by atoms with Crippen LogP contribution in [0.3, 0.4) is 0 Å². The highest BCUT2D eigenvalue weighted by Crippen LogP contribution is 2.27. The Hall–Kier alpha value is -0.990. The van der Waals surface area contributed by atoms with Gasteiger partial charge in [0, 0.05) is 10.9 Å². The number of carbonyl (C=O) groups is 1. The highest BCUT2D eigenvalue weighted by Gasteiger charge is 2.19. The van der Waals surface area contributed by atoms with Crippen molar-refractivity contribution in [1.29, 1.82) is 0 Å². The van der Waals surface area contributed by atoms with Crippen molar-refractivity contribution >= 4 is 34.8 Å². The summed E-state index contributed by atoms with van der Waals surface area (Å²) in [6.45, 7) is 0. The molecule has 0 aromatic heterocycles. The maximum Gasteiger partial charge on any atom is 0.227 e. The van der Waals surface area contributed by atoms with E-state index in [1.807, 2.05) is 0 Å². The standard InChI is InChI=1S/C13H13Cl2NO/c14-10-6-7-12(11(15)8-10)16-13(17)9-4-2-1-3-5-9/h1-2,6-9H,3-5H2,(H,16,17). The van der Waals surface area contributed by atoms with Gasteiger partial charge in [0.25, 0.3) is 0 Å². The number of nitrogens with one attached hydrogen (secondary N) is 1. The van der Waals surface area contributed by atoms with Crippen LogP contribution in [-0.4, -0.2) is 5.91 Å². The Bertz CT molecular complexity index is 457. The number of hydrogen-bond donors (Lipinski definition) is 1. The Balaban J connectivity index is 2.05. The molecule has 1 aromatic carbocycles. The summed E-state index contributed by atoms with van der Waals surface area (Å²) in [5.74, 6) is 0.0744. The molecule has 0 radical (unpaired) electrons. The summed E-state index contributed by atoms with van der Waals surface area (Å²) in [6, 6.07) is 5.06. The van der Waals surface area contributed by atoms with E-state index in [9.17, 15) is 4.79 Å². The molecule has 1 aromatic rings. The topological polar surface area (TPSA) is 29.1 Å². The Kier molecular flexibility index (Phi) is 4.08. The SMILES string of the molecule is O=C(Nc1ccc(Cl)cc1Cl)C1CC=CCC1. The van der Waals surface area contributed by atoms with E-state index < -0.39 is 0 Å². The number of rotatable bonds is 2. The zero-order valence-electron chi connectivity index (χ0n) is 9.25. The summed E-state index contributed by atoms with van der Waals surface area (Å²) in [5, 5.41) is 3.88. The first-order valence-electron chi connectivity index (χ1n) is 5.58. The third kappa shape index (κ3) is 3.24. The maximum absolute atomic E-state index is 12.0. The molecule has 1 amide bonds. The number of carbonyl (C=O) groups excluding carboxylic acids is 1. The predicted octanol–water partition coefficient (Wildman–Crippen LogP) is 4.29. The molecule has 0 saturated carbocycles. The zero-order chi connectivity index (χ0) is 12.3. The second-order valence-electron chi connectivity index (χ2n) is 4.09. The van der Waals surface area contributed by atoms with Crippen LogP contribution in [0.5, 0.6) is 0 Å². The van der Waals surface area contributed by atoms with Gasteiger partial charge in [0.1, 0.15) is 0 Å². The van der Waals surface area contributed by atoms with Crippen molar-refractivity contribution in [3.63, 3.8) is 0 Å². The van der Waals surface area contributed by atoms with Gasteiger partial charge in [-0.1, -0.05) is 35.4 Å². The number of hydrogen-bond acceptors (Lipinski definition) is 1. The van der Waals surface area contributed by atoms with Gasteiger partial charge in [-0.2, -0.15) is 0 Å². The van der Waals surface area contributed by atoms with Gasteiger partial charge in [-0.15, -0.1) is 0 Å². The van der Waals surface area contributed by atoms with E-state index in [1.165, 1.54) is 0 Å². The van der Waals surface area contributed by atoms with Gasteiger partial charge < -0.3 is 5.32 Å². The summed E-state index contributed by atoms with van der Waals surface area (Å²) in [4.78, 5) is 12.0. The van der Waals surface area contributed by atoms with Crippen molar-refractivity contribution in [2.24, 2.45) is 5.92 Å². The Morgan fingerprint density at radius 1 is 1.29 bits per heavy atom. The molecule has 2 rings (SSSR count). The Labute approximate surface area is 111 Å². The molecule has 0 fully saturated rings. The van der Waals surface area contributed by atoms with Crippen LogP contribution in [0.2, 0.25) is 10.0 Å². The van der Waals surface area contributed by atoms with Crippen LogP contribution < -0.4 is 5.32 Å². The number of allylic oxidation sites excluding steroid dienone is 2. The molecule has 1 aliphatic carbocycles. The molecule has 4 heteroatoms. The summed E-state index contributed by atoms with van der Waals surface area (Å²) in [6.07, 6.45) is 6.83. The molecule has 0 spiro atoms. The Morgan fingerprint density at radius 2 is 2.12 bits per heavy atom. The van der Waals surface area contributed by atoms with Gasteiger partial charge in [0.2, 0.25) is 5.91 Å². The van der Waals surface area contributed by atoms with E-state index in [0.717, 1.165) is 19.3 Å². The summed E-state index contributed by atoms with van der Waals surface area (Å²) < 4.78 is 0. The van der Waals surface area contributed by atoms with Crippen LogP contribution in [0.15, 0.2) is 30.4 Å². The molecule has 1 N–H and O–H groups in total. The first-order valence-corrected chi connectivity index (χ1v) is 6.33. The van der Waals surface area contributed by atoms with Crippen molar-refractivity contribution in [2.75, 3.05) is 5.32 Å². The average Bonchev–Trinajstić information content (AvgIpc) is 2.34. The third-order valence-corrected chi connectivity index (χ3v) is 3.38. The van der Waals surface area contributed by atoms with Crippen molar-refractivity contribution in [3.8, 4) is 0 Å². The van der Waals surface area contributed by atoms with Crippen molar-refractivity contribution in [2.45, 2.75) is 19.3 Å². The molecular weight excluding hydrogens is 257 g/mol. The fourth-order valence-electron chi connectivity index (χ4n) is 1.86. The maximum atomic E-state index is 12.0. The van der Waals surface area contributed by atoms with Gasteiger partial charge >= 0.3 is 0 Å². The number of benzene rings is 1. The molecule has 1 atom stereocenters. The lowest BCUT2D eigenvalue weighted by Crippen LogP contribution is -2.23. The third-order valence-electron chi connectivity index (χ3n) is 2.83. The van der Waals surface area contributed by atoms with Crippen LogP contribution in [0.4, 0.5) is 5.69 Å². The summed E-state index contributed by atoms with van der Waals surface area (Å²) >= 11 is 11.8. The number of amides is 1. The van der Waals surface area contributed by atoms with E-state index >= 15 is 0 Å². The van der Waals surface area contributed by atoms with Crippen LogP contribution in [-0.2, 0) is 4.79 Å². The Morgan fingerprint density at radius 3 is 2.76 bits per heavy atom. The second kappa shape index (κ2) is 5.56. The van der Waals surface area contributed by atoms with Gasteiger partial charge in [-0.25, -0.2) is 0 Å². The van der Waals surface area contributed by atoms with Crippen LogP contribution in [0, 0.1) is 5.92 Å². The highest BCUT2D eigenvalue weighted by atomic mass is 35.5. The minimum Gasteiger partial charge on any atom is -0.325 e. The first kappa shape index (κ1) is 12.5. The van der Waals surface area contributed by atoms with Crippen molar-refractivity contribution in [3.05, 3.63) is 40.4 Å². The van der Waals surface area contributed by atoms with Gasteiger partial charge in [-0.3, -0.25) is 4.79 Å². The molecule has 1 aliphatic rings. The van der Waals surface area contributed by atoms with Gasteiger partial charge in [0.15, 0.2) is 0 Å². The van der Waals surface area contributed by atoms with Gasteiger partial charge in [-0.05, 0) is 37.5 Å². The van der Waals surface area contributed by atoms with E-state index in [1.54, 1.807) is 18.2 Å².